The summed E-state index contributed by atoms with van der Waals surface area (Å²) in [5.41, 5.74) is 0. The number of hydrogen-bond acceptors (Lipinski definition) is 2. The van der Waals surface area contributed by atoms with Crippen LogP contribution in [0.2, 0.25) is 0 Å². The van der Waals surface area contributed by atoms with Gasteiger partial charge in [0, 0.05) is 19.6 Å². The average Bonchev–Trinajstić information content (AvgIpc) is 2.06. The van der Waals surface area contributed by atoms with E-state index in [4.69, 9.17) is 4.74 Å². The van der Waals surface area contributed by atoms with Crippen LogP contribution in [0.5, 0.6) is 0 Å². The molecule has 0 aromatic heterocycles. The van der Waals surface area contributed by atoms with Crippen LogP contribution in [-0.4, -0.2) is 50.5 Å². The Kier molecular flexibility index (Phi) is 3.76. The van der Waals surface area contributed by atoms with Gasteiger partial charge in [0.1, 0.15) is 12.8 Å². The molecule has 0 amide bonds. The summed E-state index contributed by atoms with van der Waals surface area (Å²) in [4.78, 5) is 1.92. The van der Waals surface area contributed by atoms with E-state index in [0.717, 1.165) is 13.1 Å². The molecule has 1 radical (unpaired) electrons. The molecule has 1 aliphatic heterocycles. The van der Waals surface area contributed by atoms with Gasteiger partial charge < -0.3 is 4.74 Å². The predicted octanol–water partition coefficient (Wildman–Crippen LogP) is 0.0872. The molecule has 0 N–H and O–H groups in total. The van der Waals surface area contributed by atoms with E-state index in [0.29, 0.717) is 13.2 Å². The normalized spacial score (nSPS) is 23.5. The zero-order chi connectivity index (χ0) is 8.10. The van der Waals surface area contributed by atoms with Crippen molar-refractivity contribution in [3.05, 3.63) is 0 Å². The molecular weight excluding hydrogens is 149 g/mol. The van der Waals surface area contributed by atoms with E-state index in [1.165, 1.54) is 0 Å². The minimum atomic E-state index is -1.21. The topological polar surface area (TPSA) is 32.4 Å². The van der Waals surface area contributed by atoms with E-state index in [9.17, 15) is 9.50 Å². The summed E-state index contributed by atoms with van der Waals surface area (Å²) in [6.07, 6.45) is -1.21. The van der Waals surface area contributed by atoms with Crippen LogP contribution in [0.3, 0.4) is 0 Å². The Morgan fingerprint density at radius 3 is 2.64 bits per heavy atom. The summed E-state index contributed by atoms with van der Waals surface area (Å²) in [6.45, 7) is 2.46. The molecule has 11 heavy (non-hydrogen) atoms. The molecule has 1 saturated heterocycles. The molecule has 0 unspecified atom stereocenters. The van der Waals surface area contributed by atoms with Gasteiger partial charge in [-0.15, -0.1) is 0 Å². The highest BCUT2D eigenvalue weighted by atomic mass is 19.1. The lowest BCUT2D eigenvalue weighted by Gasteiger charge is -2.26. The van der Waals surface area contributed by atoms with Gasteiger partial charge in [-0.25, -0.2) is 9.50 Å². The van der Waals surface area contributed by atoms with E-state index < -0.39 is 12.8 Å². The maximum absolute atomic E-state index is 12.5. The number of morpholine rings is 1. The number of rotatable bonds is 3. The van der Waals surface area contributed by atoms with Gasteiger partial charge in [0.05, 0.1) is 13.2 Å². The van der Waals surface area contributed by atoms with Crippen LogP contribution in [0.4, 0.5) is 4.39 Å². The highest BCUT2D eigenvalue weighted by Crippen LogP contribution is 2.00. The van der Waals surface area contributed by atoms with Crippen molar-refractivity contribution in [1.29, 1.82) is 0 Å². The lowest BCUT2D eigenvalue weighted by Crippen LogP contribution is -2.40. The Morgan fingerprint density at radius 1 is 1.45 bits per heavy atom. The second-order valence-electron chi connectivity index (χ2n) is 2.68. The largest absolute Gasteiger partial charge is 0.379 e. The number of halogens is 1. The molecule has 0 saturated carbocycles. The lowest BCUT2D eigenvalue weighted by molar-refractivity contribution is 0.0141. The molecule has 3 nitrogen and oxygen atoms in total. The third-order valence-corrected chi connectivity index (χ3v) is 1.74. The van der Waals surface area contributed by atoms with Crippen LogP contribution in [0, 0.1) is 0 Å². The third kappa shape index (κ3) is 3.14. The fraction of sp³-hybridized carbons (Fsp3) is 1.00. The summed E-state index contributed by atoms with van der Waals surface area (Å²) in [5, 5.41) is 10.1. The molecule has 4 heteroatoms. The number of hydrogen-bond donors (Lipinski definition) is 0. The molecule has 1 aliphatic rings. The van der Waals surface area contributed by atoms with Crippen molar-refractivity contribution in [2.75, 3.05) is 39.5 Å². The van der Waals surface area contributed by atoms with E-state index in [1.54, 1.807) is 0 Å². The highest BCUT2D eigenvalue weighted by molar-refractivity contribution is 4.66. The Bertz CT molecular complexity index is 107. The van der Waals surface area contributed by atoms with Gasteiger partial charge in [0.15, 0.2) is 0 Å². The van der Waals surface area contributed by atoms with Gasteiger partial charge in [-0.3, -0.25) is 4.90 Å². The second-order valence-corrected chi connectivity index (χ2v) is 2.68. The quantitative estimate of drug-likeness (QED) is 0.589. The van der Waals surface area contributed by atoms with Crippen molar-refractivity contribution in [2.45, 2.75) is 6.17 Å². The molecular formula is C7H13FNO2. The first-order valence-corrected chi connectivity index (χ1v) is 3.85. The Labute approximate surface area is 65.8 Å². The molecule has 1 fully saturated rings. The SMILES string of the molecule is [O]C[C@@H](F)CN1CCOCC1. The zero-order valence-corrected chi connectivity index (χ0v) is 6.46. The van der Waals surface area contributed by atoms with Crippen LogP contribution >= 0.6 is 0 Å². The molecule has 0 bridgehead atoms. The highest BCUT2D eigenvalue weighted by Gasteiger charge is 2.15. The summed E-state index contributed by atoms with van der Waals surface area (Å²) >= 11 is 0. The first-order chi connectivity index (χ1) is 5.33. The van der Waals surface area contributed by atoms with Crippen LogP contribution in [0.25, 0.3) is 0 Å². The monoisotopic (exact) mass is 162 g/mol. The molecule has 1 atom stereocenters. The maximum Gasteiger partial charge on any atom is 0.139 e. The van der Waals surface area contributed by atoms with Crippen molar-refractivity contribution in [1.82, 2.24) is 4.90 Å². The fourth-order valence-electron chi connectivity index (χ4n) is 1.12. The lowest BCUT2D eigenvalue weighted by atomic mass is 10.3. The van der Waals surface area contributed by atoms with Gasteiger partial charge in [0.25, 0.3) is 0 Å². The van der Waals surface area contributed by atoms with Crippen molar-refractivity contribution in [3.8, 4) is 0 Å². The Balaban J connectivity index is 2.13. The Morgan fingerprint density at radius 2 is 2.09 bits per heavy atom. The van der Waals surface area contributed by atoms with E-state index in [1.807, 2.05) is 4.90 Å². The van der Waals surface area contributed by atoms with Gasteiger partial charge in [-0.1, -0.05) is 0 Å². The van der Waals surface area contributed by atoms with Crippen molar-refractivity contribution >= 4 is 0 Å². The minimum Gasteiger partial charge on any atom is -0.379 e. The van der Waals surface area contributed by atoms with Gasteiger partial charge in [-0.05, 0) is 0 Å². The average molecular weight is 162 g/mol. The summed E-state index contributed by atoms with van der Waals surface area (Å²) in [5.74, 6) is 0. The predicted molar refractivity (Wildman–Crippen MR) is 37.7 cm³/mol. The van der Waals surface area contributed by atoms with Crippen LogP contribution < -0.4 is 0 Å². The summed E-state index contributed by atoms with van der Waals surface area (Å²) in [6, 6.07) is 0. The molecule has 0 aromatic carbocycles. The van der Waals surface area contributed by atoms with Gasteiger partial charge in [-0.2, -0.15) is 0 Å². The Hall–Kier alpha value is -0.190. The van der Waals surface area contributed by atoms with Crippen LogP contribution in [0.1, 0.15) is 0 Å². The molecule has 1 heterocycles. The van der Waals surface area contributed by atoms with E-state index in [-0.39, 0.29) is 6.54 Å². The molecule has 65 valence electrons. The van der Waals surface area contributed by atoms with Crippen LogP contribution in [0.15, 0.2) is 0 Å². The maximum atomic E-state index is 12.5. The number of ether oxygens (including phenoxy) is 1. The van der Waals surface area contributed by atoms with Crippen molar-refractivity contribution in [3.63, 3.8) is 0 Å². The van der Waals surface area contributed by atoms with Gasteiger partial charge in [0.2, 0.25) is 0 Å². The smallest absolute Gasteiger partial charge is 0.139 e. The first kappa shape index (κ1) is 8.90. The second kappa shape index (κ2) is 4.64. The fourth-order valence-corrected chi connectivity index (χ4v) is 1.12. The van der Waals surface area contributed by atoms with Crippen molar-refractivity contribution < 1.29 is 14.2 Å². The number of nitrogens with zero attached hydrogens (tertiary/aromatic N) is 1. The van der Waals surface area contributed by atoms with E-state index >= 15 is 0 Å². The molecule has 0 spiro atoms. The van der Waals surface area contributed by atoms with Crippen LogP contribution in [-0.2, 0) is 9.84 Å². The summed E-state index contributed by atoms with van der Waals surface area (Å²) in [7, 11) is 0. The zero-order valence-electron chi connectivity index (χ0n) is 6.46. The summed E-state index contributed by atoms with van der Waals surface area (Å²) < 4.78 is 17.6. The molecule has 0 aromatic rings. The minimum absolute atomic E-state index is 0.271. The third-order valence-electron chi connectivity index (χ3n) is 1.74. The standard InChI is InChI=1S/C7H13FNO2/c8-7(6-10)5-9-1-3-11-4-2-9/h7H,1-6H2/t7-/m0/s1. The number of alkyl halides is 1. The van der Waals surface area contributed by atoms with Crippen molar-refractivity contribution in [2.24, 2.45) is 0 Å². The van der Waals surface area contributed by atoms with Gasteiger partial charge >= 0.3 is 0 Å². The molecule has 0 aliphatic carbocycles. The van der Waals surface area contributed by atoms with E-state index in [2.05, 4.69) is 0 Å². The molecule has 1 rings (SSSR count). The first-order valence-electron chi connectivity index (χ1n) is 3.85.